The highest BCUT2D eigenvalue weighted by atomic mass is 35.5. The Morgan fingerprint density at radius 2 is 2.12 bits per heavy atom. The number of carboxylic acids is 1. The first kappa shape index (κ1) is 14.0. The molecule has 1 rings (SSSR count). The Kier molecular flexibility index (Phi) is 4.97. The molecule has 17 heavy (non-hydrogen) atoms. The average molecular weight is 256 g/mol. The van der Waals surface area contributed by atoms with Gasteiger partial charge in [0.25, 0.3) is 0 Å². The molecule has 0 heterocycles. The number of nitrogens with zero attached hydrogens (tertiary/aromatic N) is 1. The van der Waals surface area contributed by atoms with Crippen molar-refractivity contribution in [2.45, 2.75) is 33.4 Å². The number of benzene rings is 1. The van der Waals surface area contributed by atoms with Gasteiger partial charge in [-0.2, -0.15) is 0 Å². The zero-order valence-corrected chi connectivity index (χ0v) is 11.2. The van der Waals surface area contributed by atoms with E-state index in [1.54, 1.807) is 0 Å². The van der Waals surface area contributed by atoms with Gasteiger partial charge in [0, 0.05) is 17.6 Å². The van der Waals surface area contributed by atoms with Gasteiger partial charge in [0.1, 0.15) is 0 Å². The van der Waals surface area contributed by atoms with Gasteiger partial charge in [-0.25, -0.2) is 0 Å². The third-order valence-electron chi connectivity index (χ3n) is 2.69. The first-order chi connectivity index (χ1) is 7.90. The molecule has 0 aliphatic carbocycles. The highest BCUT2D eigenvalue weighted by molar-refractivity contribution is 6.31. The topological polar surface area (TPSA) is 40.5 Å². The molecule has 1 N–H and O–H groups in total. The Bertz CT molecular complexity index is 404. The van der Waals surface area contributed by atoms with Gasteiger partial charge in [-0.3, -0.25) is 9.69 Å². The second-order valence-corrected chi connectivity index (χ2v) is 4.88. The van der Waals surface area contributed by atoms with Crippen LogP contribution in [0, 0.1) is 6.92 Å². The molecule has 0 radical (unpaired) electrons. The van der Waals surface area contributed by atoms with Crippen LogP contribution >= 0.6 is 11.6 Å². The van der Waals surface area contributed by atoms with Crippen LogP contribution in [0.3, 0.4) is 0 Å². The highest BCUT2D eigenvalue weighted by Crippen LogP contribution is 2.18. The number of hydrogen-bond acceptors (Lipinski definition) is 2. The van der Waals surface area contributed by atoms with E-state index in [0.717, 1.165) is 16.1 Å². The maximum absolute atomic E-state index is 10.8. The summed E-state index contributed by atoms with van der Waals surface area (Å²) in [7, 11) is 0. The lowest BCUT2D eigenvalue weighted by Crippen LogP contribution is -2.35. The molecule has 0 saturated heterocycles. The molecule has 0 spiro atoms. The number of aryl methyl sites for hydroxylation is 1. The van der Waals surface area contributed by atoms with Gasteiger partial charge < -0.3 is 5.11 Å². The van der Waals surface area contributed by atoms with E-state index in [4.69, 9.17) is 16.7 Å². The number of carboxylic acid groups (broad SMARTS) is 1. The van der Waals surface area contributed by atoms with E-state index in [1.165, 1.54) is 0 Å². The van der Waals surface area contributed by atoms with Gasteiger partial charge in [0.15, 0.2) is 0 Å². The van der Waals surface area contributed by atoms with Crippen LogP contribution < -0.4 is 0 Å². The smallest absolute Gasteiger partial charge is 0.317 e. The van der Waals surface area contributed by atoms with E-state index in [1.807, 2.05) is 43.9 Å². The van der Waals surface area contributed by atoms with E-state index >= 15 is 0 Å². The zero-order valence-electron chi connectivity index (χ0n) is 10.4. The molecule has 0 saturated carbocycles. The van der Waals surface area contributed by atoms with Gasteiger partial charge in [-0.1, -0.05) is 23.7 Å². The fourth-order valence-electron chi connectivity index (χ4n) is 1.56. The molecule has 0 amide bonds. The number of carbonyl (C=O) groups is 1. The number of aliphatic carboxylic acids is 1. The van der Waals surface area contributed by atoms with Gasteiger partial charge in [0.2, 0.25) is 0 Å². The Morgan fingerprint density at radius 1 is 1.47 bits per heavy atom. The van der Waals surface area contributed by atoms with Crippen molar-refractivity contribution in [2.75, 3.05) is 6.54 Å². The summed E-state index contributed by atoms with van der Waals surface area (Å²) in [6, 6.07) is 6.02. The lowest BCUT2D eigenvalue weighted by molar-refractivity contribution is -0.138. The minimum Gasteiger partial charge on any atom is -0.480 e. The van der Waals surface area contributed by atoms with E-state index in [2.05, 4.69) is 0 Å². The Morgan fingerprint density at radius 3 is 2.59 bits per heavy atom. The van der Waals surface area contributed by atoms with Crippen LogP contribution in [-0.4, -0.2) is 28.6 Å². The average Bonchev–Trinajstić information content (AvgIpc) is 2.21. The Hall–Kier alpha value is -1.06. The second kappa shape index (κ2) is 6.03. The Balaban J connectivity index is 2.78. The molecule has 0 fully saturated rings. The van der Waals surface area contributed by atoms with Crippen LogP contribution in [0.25, 0.3) is 0 Å². The summed E-state index contributed by atoms with van der Waals surface area (Å²) in [4.78, 5) is 12.6. The minimum atomic E-state index is -0.808. The first-order valence-corrected chi connectivity index (χ1v) is 5.99. The van der Waals surface area contributed by atoms with Crippen LogP contribution in [0.2, 0.25) is 5.02 Å². The molecule has 3 nitrogen and oxygen atoms in total. The van der Waals surface area contributed by atoms with Gasteiger partial charge in [-0.05, 0) is 38.0 Å². The summed E-state index contributed by atoms with van der Waals surface area (Å²) < 4.78 is 0. The second-order valence-electron chi connectivity index (χ2n) is 4.48. The molecule has 1 aromatic carbocycles. The molecular formula is C13H18ClNO2. The van der Waals surface area contributed by atoms with Crippen molar-refractivity contribution in [2.24, 2.45) is 0 Å². The number of rotatable bonds is 5. The van der Waals surface area contributed by atoms with Crippen LogP contribution in [0.1, 0.15) is 25.0 Å². The maximum Gasteiger partial charge on any atom is 0.317 e. The quantitative estimate of drug-likeness (QED) is 0.880. The summed E-state index contributed by atoms with van der Waals surface area (Å²) in [5.41, 5.74) is 2.07. The first-order valence-electron chi connectivity index (χ1n) is 5.61. The standard InChI is InChI=1S/C13H18ClNO2/c1-9(2)15(8-13(16)17)7-11-5-4-10(3)12(14)6-11/h4-6,9H,7-8H2,1-3H3,(H,16,17). The van der Waals surface area contributed by atoms with Crippen LogP contribution in [0.5, 0.6) is 0 Å². The molecule has 1 aromatic rings. The zero-order chi connectivity index (χ0) is 13.0. The molecule has 4 heteroatoms. The molecular weight excluding hydrogens is 238 g/mol. The van der Waals surface area contributed by atoms with E-state index in [-0.39, 0.29) is 12.6 Å². The van der Waals surface area contributed by atoms with Gasteiger partial charge in [0.05, 0.1) is 6.54 Å². The van der Waals surface area contributed by atoms with Crippen LogP contribution in [0.4, 0.5) is 0 Å². The molecule has 0 aliphatic rings. The molecule has 0 aliphatic heterocycles. The molecule has 0 atom stereocenters. The summed E-state index contributed by atoms with van der Waals surface area (Å²) in [6.07, 6.45) is 0. The summed E-state index contributed by atoms with van der Waals surface area (Å²) >= 11 is 6.05. The third kappa shape index (κ3) is 4.36. The minimum absolute atomic E-state index is 0.0448. The summed E-state index contributed by atoms with van der Waals surface area (Å²) in [6.45, 7) is 6.56. The largest absolute Gasteiger partial charge is 0.480 e. The third-order valence-corrected chi connectivity index (χ3v) is 3.10. The van der Waals surface area contributed by atoms with Crippen molar-refractivity contribution in [3.8, 4) is 0 Å². The number of halogens is 1. The summed E-state index contributed by atoms with van der Waals surface area (Å²) in [5, 5.41) is 9.57. The summed E-state index contributed by atoms with van der Waals surface area (Å²) in [5.74, 6) is -0.808. The van der Waals surface area contributed by atoms with Crippen molar-refractivity contribution in [1.29, 1.82) is 0 Å². The highest BCUT2D eigenvalue weighted by Gasteiger charge is 2.14. The molecule has 94 valence electrons. The van der Waals surface area contributed by atoms with Gasteiger partial charge in [-0.15, -0.1) is 0 Å². The normalized spacial score (nSPS) is 11.2. The number of hydrogen-bond donors (Lipinski definition) is 1. The fourth-order valence-corrected chi connectivity index (χ4v) is 1.77. The van der Waals surface area contributed by atoms with Crippen LogP contribution in [-0.2, 0) is 11.3 Å². The molecule has 0 aromatic heterocycles. The van der Waals surface area contributed by atoms with Gasteiger partial charge >= 0.3 is 5.97 Å². The van der Waals surface area contributed by atoms with E-state index < -0.39 is 5.97 Å². The SMILES string of the molecule is Cc1ccc(CN(CC(=O)O)C(C)C)cc1Cl. The van der Waals surface area contributed by atoms with Crippen molar-refractivity contribution >= 4 is 17.6 Å². The predicted octanol–water partition coefficient (Wildman–Crippen LogP) is 2.94. The van der Waals surface area contributed by atoms with E-state index in [9.17, 15) is 4.79 Å². The molecule has 0 unspecified atom stereocenters. The monoisotopic (exact) mass is 255 g/mol. The fraction of sp³-hybridized carbons (Fsp3) is 0.462. The maximum atomic E-state index is 10.8. The van der Waals surface area contributed by atoms with Crippen molar-refractivity contribution in [1.82, 2.24) is 4.90 Å². The Labute approximate surface area is 107 Å². The van der Waals surface area contributed by atoms with E-state index in [0.29, 0.717) is 6.54 Å². The van der Waals surface area contributed by atoms with Crippen LogP contribution in [0.15, 0.2) is 18.2 Å². The lowest BCUT2D eigenvalue weighted by Gasteiger charge is -2.24. The van der Waals surface area contributed by atoms with Crippen molar-refractivity contribution < 1.29 is 9.90 Å². The molecule has 0 bridgehead atoms. The van der Waals surface area contributed by atoms with Crippen molar-refractivity contribution in [3.05, 3.63) is 34.3 Å². The lowest BCUT2D eigenvalue weighted by atomic mass is 10.1. The predicted molar refractivity (Wildman–Crippen MR) is 69.4 cm³/mol. The van der Waals surface area contributed by atoms with Crippen molar-refractivity contribution in [3.63, 3.8) is 0 Å².